The Balaban J connectivity index is 1.77. The van der Waals surface area contributed by atoms with Crippen LogP contribution >= 0.6 is 0 Å². The number of fused-ring (bicyclic) bond motifs is 3. The molecule has 1 fully saturated rings. The smallest absolute Gasteiger partial charge is 0.368 e. The number of alkyl halides is 3. The Morgan fingerprint density at radius 1 is 1.00 bits per heavy atom. The molecular formula is C21H18F3N5O. The van der Waals surface area contributed by atoms with Crippen molar-refractivity contribution in [2.24, 2.45) is 0 Å². The van der Waals surface area contributed by atoms with E-state index in [0.29, 0.717) is 42.9 Å². The Morgan fingerprint density at radius 2 is 1.73 bits per heavy atom. The van der Waals surface area contributed by atoms with Crippen LogP contribution < -0.4 is 15.8 Å². The monoisotopic (exact) mass is 413 g/mol. The lowest BCUT2D eigenvalue weighted by atomic mass is 10.0. The molecule has 0 bridgehead atoms. The van der Waals surface area contributed by atoms with Gasteiger partial charge >= 0.3 is 6.18 Å². The van der Waals surface area contributed by atoms with Gasteiger partial charge in [-0.1, -0.05) is 18.2 Å². The first-order valence-electron chi connectivity index (χ1n) is 9.59. The third kappa shape index (κ3) is 3.02. The summed E-state index contributed by atoms with van der Waals surface area (Å²) in [4.78, 5) is 18.9. The van der Waals surface area contributed by atoms with Crippen LogP contribution in [0.3, 0.4) is 0 Å². The van der Waals surface area contributed by atoms with E-state index in [9.17, 15) is 18.0 Å². The largest absolute Gasteiger partial charge is 0.418 e. The van der Waals surface area contributed by atoms with Gasteiger partial charge in [-0.3, -0.25) is 14.9 Å². The van der Waals surface area contributed by atoms with Crippen molar-refractivity contribution in [1.82, 2.24) is 20.1 Å². The van der Waals surface area contributed by atoms with E-state index in [-0.39, 0.29) is 22.0 Å². The van der Waals surface area contributed by atoms with Gasteiger partial charge in [0.2, 0.25) is 0 Å². The molecule has 0 saturated carbocycles. The summed E-state index contributed by atoms with van der Waals surface area (Å²) >= 11 is 0. The number of nitrogens with one attached hydrogen (secondary N) is 2. The van der Waals surface area contributed by atoms with E-state index in [4.69, 9.17) is 0 Å². The van der Waals surface area contributed by atoms with Crippen molar-refractivity contribution in [3.63, 3.8) is 0 Å². The molecule has 154 valence electrons. The molecule has 0 atom stereocenters. The van der Waals surface area contributed by atoms with Gasteiger partial charge in [-0.25, -0.2) is 4.68 Å². The number of anilines is 1. The maximum absolute atomic E-state index is 13.9. The third-order valence-electron chi connectivity index (χ3n) is 5.42. The number of aromatic amines is 1. The quantitative estimate of drug-likeness (QED) is 0.529. The Morgan fingerprint density at radius 3 is 2.43 bits per heavy atom. The minimum atomic E-state index is -4.53. The van der Waals surface area contributed by atoms with Crippen LogP contribution in [-0.2, 0) is 6.18 Å². The standard InChI is InChI=1S/C21H18F3N5O/c22-21(23,24)16-10-14-17(11-18(16)28-8-6-25-7-9-28)26-12-15-19(14)27-29(20(15)30)13-4-2-1-3-5-13/h1-5,10-12,25,27H,6-9H2. The first-order chi connectivity index (χ1) is 14.4. The number of hydrogen-bond acceptors (Lipinski definition) is 4. The van der Waals surface area contributed by atoms with E-state index < -0.39 is 11.7 Å². The molecule has 1 aliphatic rings. The summed E-state index contributed by atoms with van der Waals surface area (Å²) < 4.78 is 43.1. The summed E-state index contributed by atoms with van der Waals surface area (Å²) in [6, 6.07) is 11.5. The number of piperazine rings is 1. The van der Waals surface area contributed by atoms with Crippen LogP contribution in [0.1, 0.15) is 5.56 Å². The molecule has 9 heteroatoms. The number of halogens is 3. The second-order valence-electron chi connectivity index (χ2n) is 7.26. The first kappa shape index (κ1) is 18.7. The summed E-state index contributed by atoms with van der Waals surface area (Å²) in [5.74, 6) is 0. The van der Waals surface area contributed by atoms with Crippen LogP contribution in [-0.4, -0.2) is 40.9 Å². The van der Waals surface area contributed by atoms with E-state index in [1.165, 1.54) is 16.9 Å². The number of pyridine rings is 1. The minimum absolute atomic E-state index is 0.119. The zero-order valence-corrected chi connectivity index (χ0v) is 15.8. The average molecular weight is 413 g/mol. The van der Waals surface area contributed by atoms with Gasteiger partial charge in [0.15, 0.2) is 0 Å². The molecule has 1 aliphatic heterocycles. The second kappa shape index (κ2) is 6.88. The number of H-pyrrole nitrogens is 1. The Kier molecular flexibility index (Phi) is 4.28. The molecule has 0 spiro atoms. The highest BCUT2D eigenvalue weighted by Gasteiger charge is 2.36. The molecule has 6 nitrogen and oxygen atoms in total. The summed E-state index contributed by atoms with van der Waals surface area (Å²) in [7, 11) is 0. The van der Waals surface area contributed by atoms with Gasteiger partial charge in [0.05, 0.1) is 33.4 Å². The van der Waals surface area contributed by atoms with E-state index in [1.807, 2.05) is 6.07 Å². The van der Waals surface area contributed by atoms with E-state index in [1.54, 1.807) is 29.2 Å². The summed E-state index contributed by atoms with van der Waals surface area (Å²) in [6.45, 7) is 2.21. The highest BCUT2D eigenvalue weighted by atomic mass is 19.4. The van der Waals surface area contributed by atoms with Crippen molar-refractivity contribution in [3.05, 3.63) is 64.6 Å². The Labute approximate surface area is 168 Å². The minimum Gasteiger partial charge on any atom is -0.368 e. The lowest BCUT2D eigenvalue weighted by molar-refractivity contribution is -0.137. The summed E-state index contributed by atoms with van der Waals surface area (Å²) in [5.41, 5.74) is 0.384. The van der Waals surface area contributed by atoms with Gasteiger partial charge in [-0.15, -0.1) is 0 Å². The van der Waals surface area contributed by atoms with Crippen LogP contribution in [0.4, 0.5) is 18.9 Å². The van der Waals surface area contributed by atoms with E-state index >= 15 is 0 Å². The number of nitrogens with zero attached hydrogens (tertiary/aromatic N) is 3. The summed E-state index contributed by atoms with van der Waals surface area (Å²) in [5, 5.41) is 6.64. The normalized spacial score (nSPS) is 15.2. The zero-order valence-electron chi connectivity index (χ0n) is 15.8. The molecule has 0 aliphatic carbocycles. The van der Waals surface area contributed by atoms with Gasteiger partial charge in [0.1, 0.15) is 0 Å². The van der Waals surface area contributed by atoms with E-state index in [2.05, 4.69) is 15.4 Å². The molecule has 4 aromatic rings. The predicted octanol–water partition coefficient (Wildman–Crippen LogP) is 3.30. The molecule has 2 N–H and O–H groups in total. The van der Waals surface area contributed by atoms with Crippen molar-refractivity contribution >= 4 is 27.5 Å². The zero-order chi connectivity index (χ0) is 20.9. The SMILES string of the molecule is O=c1c2cnc3cc(N4CCNCC4)c(C(F)(F)F)cc3c2[nH]n1-c1ccccc1. The Hall–Kier alpha value is -3.33. The van der Waals surface area contributed by atoms with Crippen molar-refractivity contribution in [1.29, 1.82) is 0 Å². The van der Waals surface area contributed by atoms with Gasteiger partial charge in [-0.05, 0) is 24.3 Å². The van der Waals surface area contributed by atoms with Crippen LogP contribution in [0.5, 0.6) is 0 Å². The molecule has 2 aromatic heterocycles. The van der Waals surface area contributed by atoms with Crippen LogP contribution in [0, 0.1) is 0 Å². The number of benzene rings is 2. The van der Waals surface area contributed by atoms with Crippen LogP contribution in [0.15, 0.2) is 53.5 Å². The highest BCUT2D eigenvalue weighted by Crippen LogP contribution is 2.40. The molecule has 3 heterocycles. The van der Waals surface area contributed by atoms with Crippen LogP contribution in [0.2, 0.25) is 0 Å². The maximum atomic E-state index is 13.9. The molecule has 30 heavy (non-hydrogen) atoms. The first-order valence-corrected chi connectivity index (χ1v) is 9.59. The number of aromatic nitrogens is 3. The molecule has 5 rings (SSSR count). The molecule has 1 saturated heterocycles. The lowest BCUT2D eigenvalue weighted by Crippen LogP contribution is -2.44. The summed E-state index contributed by atoms with van der Waals surface area (Å²) in [6.07, 6.45) is -3.11. The predicted molar refractivity (Wildman–Crippen MR) is 109 cm³/mol. The molecule has 0 radical (unpaired) electrons. The van der Waals surface area contributed by atoms with Gasteiger partial charge in [-0.2, -0.15) is 13.2 Å². The maximum Gasteiger partial charge on any atom is 0.418 e. The fourth-order valence-electron chi connectivity index (χ4n) is 3.95. The van der Waals surface area contributed by atoms with Crippen molar-refractivity contribution in [2.75, 3.05) is 31.1 Å². The van der Waals surface area contributed by atoms with Crippen molar-refractivity contribution in [3.8, 4) is 5.69 Å². The average Bonchev–Trinajstić information content (AvgIpc) is 3.10. The van der Waals surface area contributed by atoms with Crippen molar-refractivity contribution < 1.29 is 13.2 Å². The highest BCUT2D eigenvalue weighted by molar-refractivity contribution is 6.04. The number of para-hydroxylation sites is 1. The van der Waals surface area contributed by atoms with E-state index in [0.717, 1.165) is 6.07 Å². The third-order valence-corrected chi connectivity index (χ3v) is 5.42. The molecule has 0 amide bonds. The van der Waals surface area contributed by atoms with Gasteiger partial charge in [0, 0.05) is 37.8 Å². The Bertz CT molecular complexity index is 1290. The second-order valence-corrected chi connectivity index (χ2v) is 7.26. The topological polar surface area (TPSA) is 66.0 Å². The van der Waals surface area contributed by atoms with Gasteiger partial charge in [0.25, 0.3) is 5.56 Å². The fourth-order valence-corrected chi connectivity index (χ4v) is 3.95. The lowest BCUT2D eigenvalue weighted by Gasteiger charge is -2.31. The van der Waals surface area contributed by atoms with Crippen LogP contribution in [0.25, 0.3) is 27.5 Å². The number of hydrogen-bond donors (Lipinski definition) is 2. The molecular weight excluding hydrogens is 395 g/mol. The molecule has 0 unspecified atom stereocenters. The number of rotatable bonds is 2. The van der Waals surface area contributed by atoms with Crippen molar-refractivity contribution in [2.45, 2.75) is 6.18 Å². The molecule has 2 aromatic carbocycles. The fraction of sp³-hybridized carbons (Fsp3) is 0.238. The van der Waals surface area contributed by atoms with Gasteiger partial charge < -0.3 is 10.2 Å².